The smallest absolute Gasteiger partial charge is 0.272 e. The summed E-state index contributed by atoms with van der Waals surface area (Å²) < 4.78 is 20.0. The van der Waals surface area contributed by atoms with E-state index >= 15 is 0 Å². The molecule has 2 aromatic rings. The number of morpholine rings is 1. The molecule has 0 unspecified atom stereocenters. The Balaban J connectivity index is 1.30. The maximum Gasteiger partial charge on any atom is 0.272 e. The second-order valence-corrected chi connectivity index (χ2v) is 7.55. The number of benzene rings is 1. The monoisotopic (exact) mass is 415 g/mol. The van der Waals surface area contributed by atoms with Gasteiger partial charge in [0.2, 0.25) is 0 Å². The van der Waals surface area contributed by atoms with Gasteiger partial charge in [-0.05, 0) is 30.7 Å². The van der Waals surface area contributed by atoms with Crippen molar-refractivity contribution in [3.8, 4) is 0 Å². The van der Waals surface area contributed by atoms with Crippen molar-refractivity contribution in [3.05, 3.63) is 53.1 Å². The molecule has 8 nitrogen and oxygen atoms in total. The van der Waals surface area contributed by atoms with E-state index < -0.39 is 0 Å². The Morgan fingerprint density at radius 2 is 1.90 bits per heavy atom. The molecule has 0 saturated carbocycles. The molecule has 1 fully saturated rings. The quantitative estimate of drug-likeness (QED) is 0.686. The summed E-state index contributed by atoms with van der Waals surface area (Å²) in [6.07, 6.45) is 0.851. The van der Waals surface area contributed by atoms with Crippen molar-refractivity contribution in [3.63, 3.8) is 0 Å². The molecule has 1 saturated heterocycles. The maximum absolute atomic E-state index is 13.1. The minimum atomic E-state index is -0.303. The molecule has 0 atom stereocenters. The number of hydrogen-bond donors (Lipinski definition) is 1. The minimum Gasteiger partial charge on any atom is -0.379 e. The zero-order valence-corrected chi connectivity index (χ0v) is 16.8. The van der Waals surface area contributed by atoms with E-state index in [0.717, 1.165) is 44.8 Å². The first kappa shape index (κ1) is 20.5. The van der Waals surface area contributed by atoms with Crippen molar-refractivity contribution in [1.82, 2.24) is 24.9 Å². The lowest BCUT2D eigenvalue weighted by molar-refractivity contribution is 0.0374. The van der Waals surface area contributed by atoms with Crippen LogP contribution >= 0.6 is 0 Å². The summed E-state index contributed by atoms with van der Waals surface area (Å²) in [6.45, 7) is 6.27. The lowest BCUT2D eigenvalue weighted by Gasteiger charge is -2.27. The molecule has 30 heavy (non-hydrogen) atoms. The van der Waals surface area contributed by atoms with Crippen LogP contribution in [0.3, 0.4) is 0 Å². The number of amides is 2. The number of carbonyl (C=O) groups is 2. The van der Waals surface area contributed by atoms with Gasteiger partial charge < -0.3 is 15.0 Å². The average molecular weight is 415 g/mol. The van der Waals surface area contributed by atoms with E-state index in [1.165, 1.54) is 12.1 Å². The third-order valence-corrected chi connectivity index (χ3v) is 5.43. The fourth-order valence-corrected chi connectivity index (χ4v) is 3.73. The van der Waals surface area contributed by atoms with Crippen LogP contribution in [0, 0.1) is 5.82 Å². The number of fused-ring (bicyclic) bond motifs is 1. The Morgan fingerprint density at radius 1 is 1.13 bits per heavy atom. The van der Waals surface area contributed by atoms with Crippen LogP contribution in [-0.2, 0) is 17.8 Å². The van der Waals surface area contributed by atoms with Crippen molar-refractivity contribution in [1.29, 1.82) is 0 Å². The molecule has 2 aliphatic heterocycles. The second kappa shape index (κ2) is 9.36. The van der Waals surface area contributed by atoms with Crippen molar-refractivity contribution in [2.75, 3.05) is 45.9 Å². The molecule has 0 aliphatic carbocycles. The van der Waals surface area contributed by atoms with Crippen molar-refractivity contribution < 1.29 is 18.7 Å². The Labute approximate surface area is 174 Å². The normalized spacial score (nSPS) is 17.1. The number of rotatable bonds is 7. The summed E-state index contributed by atoms with van der Waals surface area (Å²) in [5.74, 6) is -0.747. The number of nitrogens with one attached hydrogen (secondary N) is 1. The Morgan fingerprint density at radius 3 is 2.67 bits per heavy atom. The fourth-order valence-electron chi connectivity index (χ4n) is 3.73. The van der Waals surface area contributed by atoms with Crippen LogP contribution in [0.2, 0.25) is 0 Å². The van der Waals surface area contributed by atoms with Gasteiger partial charge in [0.05, 0.1) is 19.8 Å². The van der Waals surface area contributed by atoms with E-state index in [-0.39, 0.29) is 23.3 Å². The Bertz CT molecular complexity index is 893. The van der Waals surface area contributed by atoms with Gasteiger partial charge in [0, 0.05) is 38.8 Å². The first-order valence-corrected chi connectivity index (χ1v) is 10.3. The summed E-state index contributed by atoms with van der Waals surface area (Å²) in [5.41, 5.74) is 1.52. The third-order valence-electron chi connectivity index (χ3n) is 5.43. The molecule has 4 rings (SSSR count). The highest BCUT2D eigenvalue weighted by Gasteiger charge is 2.28. The number of halogens is 1. The lowest BCUT2D eigenvalue weighted by atomic mass is 10.2. The summed E-state index contributed by atoms with van der Waals surface area (Å²) in [4.78, 5) is 29.3. The van der Waals surface area contributed by atoms with Gasteiger partial charge in [-0.2, -0.15) is 5.10 Å². The first-order chi connectivity index (χ1) is 14.6. The van der Waals surface area contributed by atoms with Crippen LogP contribution in [0.4, 0.5) is 4.39 Å². The highest BCUT2D eigenvalue weighted by Crippen LogP contribution is 2.17. The van der Waals surface area contributed by atoms with Gasteiger partial charge in [-0.1, -0.05) is 12.1 Å². The zero-order chi connectivity index (χ0) is 20.9. The van der Waals surface area contributed by atoms with E-state index in [9.17, 15) is 14.0 Å². The molecule has 2 amide bonds. The van der Waals surface area contributed by atoms with E-state index in [4.69, 9.17) is 4.74 Å². The summed E-state index contributed by atoms with van der Waals surface area (Å²) in [6, 6.07) is 7.66. The van der Waals surface area contributed by atoms with Crippen LogP contribution in [0.15, 0.2) is 30.3 Å². The molecular formula is C21H26FN5O3. The highest BCUT2D eigenvalue weighted by molar-refractivity contribution is 5.98. The van der Waals surface area contributed by atoms with Crippen LogP contribution in [-0.4, -0.2) is 77.3 Å². The van der Waals surface area contributed by atoms with Crippen LogP contribution in [0.5, 0.6) is 0 Å². The van der Waals surface area contributed by atoms with E-state index in [1.54, 1.807) is 27.8 Å². The largest absolute Gasteiger partial charge is 0.379 e. The third kappa shape index (κ3) is 4.85. The molecule has 1 N–H and O–H groups in total. The van der Waals surface area contributed by atoms with Gasteiger partial charge in [-0.3, -0.25) is 19.2 Å². The summed E-state index contributed by atoms with van der Waals surface area (Å²) >= 11 is 0. The van der Waals surface area contributed by atoms with Gasteiger partial charge in [0.1, 0.15) is 11.5 Å². The van der Waals surface area contributed by atoms with Crippen molar-refractivity contribution in [2.45, 2.75) is 19.5 Å². The average Bonchev–Trinajstić information content (AvgIpc) is 3.21. The molecule has 9 heteroatoms. The second-order valence-electron chi connectivity index (χ2n) is 7.55. The zero-order valence-electron chi connectivity index (χ0n) is 16.8. The van der Waals surface area contributed by atoms with Crippen LogP contribution in [0.25, 0.3) is 0 Å². The SMILES string of the molecule is O=C(NCCCN1CCOCC1)c1cc2n(n1)CCN(Cc1ccc(F)cc1)C2=O. The topological polar surface area (TPSA) is 79.7 Å². The van der Waals surface area contributed by atoms with Crippen LogP contribution < -0.4 is 5.32 Å². The molecule has 1 aromatic heterocycles. The van der Waals surface area contributed by atoms with Gasteiger partial charge in [-0.25, -0.2) is 4.39 Å². The summed E-state index contributed by atoms with van der Waals surface area (Å²) in [5, 5.41) is 7.19. The molecule has 160 valence electrons. The molecular weight excluding hydrogens is 389 g/mol. The van der Waals surface area contributed by atoms with Gasteiger partial charge in [-0.15, -0.1) is 0 Å². The number of nitrogens with zero attached hydrogens (tertiary/aromatic N) is 4. The van der Waals surface area contributed by atoms with E-state index in [0.29, 0.717) is 31.9 Å². The number of carbonyl (C=O) groups excluding carboxylic acids is 2. The standard InChI is InChI=1S/C21H26FN5O3/c22-17-4-2-16(3-5-17)15-26-8-9-27-19(21(26)29)14-18(24-27)20(28)23-6-1-7-25-10-12-30-13-11-25/h2-5,14H,1,6-13,15H2,(H,23,28). The van der Waals surface area contributed by atoms with Gasteiger partial charge in [0.25, 0.3) is 11.8 Å². The number of aromatic nitrogens is 2. The molecule has 0 spiro atoms. The van der Waals surface area contributed by atoms with E-state index in [1.807, 2.05) is 0 Å². The number of ether oxygens (including phenoxy) is 1. The molecule has 0 bridgehead atoms. The van der Waals surface area contributed by atoms with Crippen LogP contribution in [0.1, 0.15) is 33.0 Å². The predicted octanol–water partition coefficient (Wildman–Crippen LogP) is 1.13. The molecule has 1 aromatic carbocycles. The number of hydrogen-bond acceptors (Lipinski definition) is 5. The first-order valence-electron chi connectivity index (χ1n) is 10.3. The molecule has 0 radical (unpaired) electrons. The van der Waals surface area contributed by atoms with Crippen molar-refractivity contribution >= 4 is 11.8 Å². The van der Waals surface area contributed by atoms with Gasteiger partial charge >= 0.3 is 0 Å². The van der Waals surface area contributed by atoms with Gasteiger partial charge in [0.15, 0.2) is 5.69 Å². The van der Waals surface area contributed by atoms with E-state index in [2.05, 4.69) is 15.3 Å². The predicted molar refractivity (Wildman–Crippen MR) is 108 cm³/mol. The molecule has 2 aliphatic rings. The van der Waals surface area contributed by atoms with Crippen molar-refractivity contribution in [2.24, 2.45) is 0 Å². The minimum absolute atomic E-state index is 0.176. The Kier molecular flexibility index (Phi) is 6.39. The lowest BCUT2D eigenvalue weighted by Crippen LogP contribution is -2.39. The maximum atomic E-state index is 13.1. The molecule has 3 heterocycles. The fraction of sp³-hybridized carbons (Fsp3) is 0.476. The summed E-state index contributed by atoms with van der Waals surface area (Å²) in [7, 11) is 0. The Hall–Kier alpha value is -2.78. The highest BCUT2D eigenvalue weighted by atomic mass is 19.1.